The summed E-state index contributed by atoms with van der Waals surface area (Å²) in [5.41, 5.74) is 1.71. The minimum absolute atomic E-state index is 0.00623. The fourth-order valence-electron chi connectivity index (χ4n) is 2.87. The van der Waals surface area contributed by atoms with E-state index in [1.165, 1.54) is 0 Å². The van der Waals surface area contributed by atoms with Crippen LogP contribution in [-0.4, -0.2) is 11.7 Å². The lowest BCUT2D eigenvalue weighted by atomic mass is 10.0. The van der Waals surface area contributed by atoms with Crippen LogP contribution < -0.4 is 5.32 Å². The van der Waals surface area contributed by atoms with Crippen LogP contribution in [0.2, 0.25) is 0 Å². The highest BCUT2D eigenvalue weighted by molar-refractivity contribution is 6.01. The molecule has 0 aliphatic heterocycles. The first-order chi connectivity index (χ1) is 12.1. The van der Waals surface area contributed by atoms with Crippen LogP contribution in [0.1, 0.15) is 41.7 Å². The molecule has 0 unspecified atom stereocenters. The second-order valence-electron chi connectivity index (χ2n) is 6.18. The van der Waals surface area contributed by atoms with Gasteiger partial charge in [0.1, 0.15) is 0 Å². The highest BCUT2D eigenvalue weighted by Crippen LogP contribution is 2.17. The number of benzene rings is 3. The van der Waals surface area contributed by atoms with E-state index >= 15 is 0 Å². The van der Waals surface area contributed by atoms with Gasteiger partial charge in [-0.3, -0.25) is 9.59 Å². The predicted molar refractivity (Wildman–Crippen MR) is 101 cm³/mol. The molecule has 0 saturated heterocycles. The maximum atomic E-state index is 12.4. The number of amides is 1. The molecule has 0 radical (unpaired) electrons. The van der Waals surface area contributed by atoms with Crippen LogP contribution in [0, 0.1) is 0 Å². The number of hydrogen-bond acceptors (Lipinski definition) is 2. The Morgan fingerprint density at radius 2 is 1.52 bits per heavy atom. The van der Waals surface area contributed by atoms with Crippen molar-refractivity contribution in [2.75, 3.05) is 0 Å². The van der Waals surface area contributed by atoms with Gasteiger partial charge in [0.2, 0.25) is 5.91 Å². The van der Waals surface area contributed by atoms with Crippen molar-refractivity contribution in [3.63, 3.8) is 0 Å². The number of ketones is 1. The second kappa shape index (κ2) is 7.75. The number of hydrogen-bond donors (Lipinski definition) is 1. The molecule has 3 rings (SSSR count). The van der Waals surface area contributed by atoms with E-state index in [2.05, 4.69) is 5.32 Å². The lowest BCUT2D eigenvalue weighted by Crippen LogP contribution is -2.26. The molecule has 0 saturated carbocycles. The zero-order valence-corrected chi connectivity index (χ0v) is 14.2. The summed E-state index contributed by atoms with van der Waals surface area (Å²) in [6, 6.07) is 23.3. The van der Waals surface area contributed by atoms with E-state index in [0.717, 1.165) is 16.3 Å². The van der Waals surface area contributed by atoms with Crippen molar-refractivity contribution < 1.29 is 9.59 Å². The fourth-order valence-corrected chi connectivity index (χ4v) is 2.87. The average Bonchev–Trinajstić information content (AvgIpc) is 2.66. The van der Waals surface area contributed by atoms with Crippen LogP contribution >= 0.6 is 0 Å². The normalized spacial score (nSPS) is 11.9. The van der Waals surface area contributed by atoms with E-state index in [1.807, 2.05) is 79.7 Å². The Bertz CT molecular complexity index is 887. The van der Waals surface area contributed by atoms with Crippen molar-refractivity contribution in [1.82, 2.24) is 5.32 Å². The van der Waals surface area contributed by atoms with Crippen molar-refractivity contribution in [1.29, 1.82) is 0 Å². The Labute approximate surface area is 147 Å². The topological polar surface area (TPSA) is 46.2 Å². The van der Waals surface area contributed by atoms with Gasteiger partial charge in [0, 0.05) is 18.4 Å². The summed E-state index contributed by atoms with van der Waals surface area (Å²) in [5.74, 6) is -0.112. The summed E-state index contributed by atoms with van der Waals surface area (Å²) in [6.07, 6.45) is 0.411. The molecule has 1 N–H and O–H groups in total. The van der Waals surface area contributed by atoms with Crippen molar-refractivity contribution in [3.05, 3.63) is 83.9 Å². The van der Waals surface area contributed by atoms with Crippen molar-refractivity contribution in [2.24, 2.45) is 0 Å². The van der Waals surface area contributed by atoms with Gasteiger partial charge >= 0.3 is 0 Å². The number of carbonyl (C=O) groups is 2. The number of fused-ring (bicyclic) bond motifs is 1. The molecule has 0 aromatic heterocycles. The van der Waals surface area contributed by atoms with Crippen LogP contribution in [0.25, 0.3) is 10.8 Å². The first kappa shape index (κ1) is 16.9. The SMILES string of the molecule is C[C@H](NC(=O)CCC(=O)c1ccc2ccccc2c1)c1ccccc1. The van der Waals surface area contributed by atoms with Gasteiger partial charge in [0.05, 0.1) is 6.04 Å². The van der Waals surface area contributed by atoms with Gasteiger partial charge < -0.3 is 5.32 Å². The van der Waals surface area contributed by atoms with Gasteiger partial charge in [-0.05, 0) is 29.3 Å². The van der Waals surface area contributed by atoms with Crippen molar-refractivity contribution >= 4 is 22.5 Å². The number of Topliss-reactive ketones (excluding diaryl/α,β-unsaturated/α-hetero) is 1. The largest absolute Gasteiger partial charge is 0.350 e. The van der Waals surface area contributed by atoms with Crippen molar-refractivity contribution in [2.45, 2.75) is 25.8 Å². The molecule has 0 bridgehead atoms. The van der Waals surface area contributed by atoms with Crippen molar-refractivity contribution in [3.8, 4) is 0 Å². The van der Waals surface area contributed by atoms with Gasteiger partial charge in [-0.1, -0.05) is 66.7 Å². The zero-order valence-electron chi connectivity index (χ0n) is 14.2. The van der Waals surface area contributed by atoms with E-state index in [0.29, 0.717) is 5.56 Å². The summed E-state index contributed by atoms with van der Waals surface area (Å²) < 4.78 is 0. The number of nitrogens with one attached hydrogen (secondary N) is 1. The zero-order chi connectivity index (χ0) is 17.6. The predicted octanol–water partition coefficient (Wildman–Crippen LogP) is 4.68. The van der Waals surface area contributed by atoms with Gasteiger partial charge in [0.25, 0.3) is 0 Å². The Kier molecular flexibility index (Phi) is 5.24. The van der Waals surface area contributed by atoms with Gasteiger partial charge in [-0.15, -0.1) is 0 Å². The Morgan fingerprint density at radius 3 is 2.28 bits per heavy atom. The quantitative estimate of drug-likeness (QED) is 0.667. The molecule has 0 aliphatic carbocycles. The van der Waals surface area contributed by atoms with Crippen LogP contribution in [0.5, 0.6) is 0 Å². The molecular weight excluding hydrogens is 310 g/mol. The van der Waals surface area contributed by atoms with Crippen LogP contribution in [-0.2, 0) is 4.79 Å². The molecule has 3 nitrogen and oxygen atoms in total. The molecule has 3 heteroatoms. The lowest BCUT2D eigenvalue weighted by Gasteiger charge is -2.14. The highest BCUT2D eigenvalue weighted by Gasteiger charge is 2.12. The maximum absolute atomic E-state index is 12.4. The molecule has 3 aromatic rings. The lowest BCUT2D eigenvalue weighted by molar-refractivity contribution is -0.121. The number of carbonyl (C=O) groups excluding carboxylic acids is 2. The Morgan fingerprint density at radius 1 is 0.840 bits per heavy atom. The van der Waals surface area contributed by atoms with Gasteiger partial charge in [-0.25, -0.2) is 0 Å². The van der Waals surface area contributed by atoms with Crippen LogP contribution in [0.3, 0.4) is 0 Å². The van der Waals surface area contributed by atoms with Crippen LogP contribution in [0.4, 0.5) is 0 Å². The van der Waals surface area contributed by atoms with E-state index in [1.54, 1.807) is 0 Å². The first-order valence-corrected chi connectivity index (χ1v) is 8.50. The number of rotatable bonds is 6. The summed E-state index contributed by atoms with van der Waals surface area (Å²) in [4.78, 5) is 24.5. The van der Waals surface area contributed by atoms with Gasteiger partial charge in [0.15, 0.2) is 5.78 Å². The Balaban J connectivity index is 1.56. The molecule has 1 atom stereocenters. The van der Waals surface area contributed by atoms with Gasteiger partial charge in [-0.2, -0.15) is 0 Å². The molecule has 3 aromatic carbocycles. The minimum atomic E-state index is -0.106. The van der Waals surface area contributed by atoms with E-state index in [4.69, 9.17) is 0 Å². The average molecular weight is 331 g/mol. The van der Waals surface area contributed by atoms with E-state index in [-0.39, 0.29) is 30.6 Å². The third-order valence-electron chi connectivity index (χ3n) is 4.33. The molecular formula is C22H21NO2. The third kappa shape index (κ3) is 4.32. The second-order valence-corrected chi connectivity index (χ2v) is 6.18. The summed E-state index contributed by atoms with van der Waals surface area (Å²) in [5, 5.41) is 5.08. The monoisotopic (exact) mass is 331 g/mol. The van der Waals surface area contributed by atoms with E-state index in [9.17, 15) is 9.59 Å². The summed E-state index contributed by atoms with van der Waals surface area (Å²) in [7, 11) is 0. The molecule has 0 aliphatic rings. The standard InChI is InChI=1S/C22H21NO2/c1-16(17-7-3-2-4-8-17)23-22(25)14-13-21(24)20-12-11-18-9-5-6-10-19(18)15-20/h2-12,15-16H,13-14H2,1H3,(H,23,25)/t16-/m0/s1. The molecule has 0 spiro atoms. The first-order valence-electron chi connectivity index (χ1n) is 8.50. The molecule has 25 heavy (non-hydrogen) atoms. The molecule has 1 amide bonds. The molecule has 126 valence electrons. The smallest absolute Gasteiger partial charge is 0.220 e. The molecule has 0 fully saturated rings. The van der Waals surface area contributed by atoms with Crippen LogP contribution in [0.15, 0.2) is 72.8 Å². The summed E-state index contributed by atoms with van der Waals surface area (Å²) in [6.45, 7) is 1.94. The highest BCUT2D eigenvalue weighted by atomic mass is 16.2. The fraction of sp³-hybridized carbons (Fsp3) is 0.182. The minimum Gasteiger partial charge on any atom is -0.350 e. The third-order valence-corrected chi connectivity index (χ3v) is 4.33. The summed E-state index contributed by atoms with van der Waals surface area (Å²) >= 11 is 0. The van der Waals surface area contributed by atoms with E-state index < -0.39 is 0 Å². The molecule has 0 heterocycles. The maximum Gasteiger partial charge on any atom is 0.220 e. The Hall–Kier alpha value is -2.94.